The number of allylic oxidation sites excluding steroid dienone is 6. The van der Waals surface area contributed by atoms with E-state index < -0.39 is 0 Å². The molecule has 0 unspecified atom stereocenters. The van der Waals surface area contributed by atoms with Gasteiger partial charge in [0.05, 0.1) is 12.9 Å². The molecule has 1 aliphatic carbocycles. The third-order valence-electron chi connectivity index (χ3n) is 3.36. The predicted molar refractivity (Wildman–Crippen MR) is 70.3 cm³/mol. The molecule has 16 heavy (non-hydrogen) atoms. The van der Waals surface area contributed by atoms with Gasteiger partial charge in [0.2, 0.25) is 0 Å². The van der Waals surface area contributed by atoms with E-state index in [1.807, 2.05) is 0 Å². The lowest BCUT2D eigenvalue weighted by Crippen LogP contribution is -2.00. The van der Waals surface area contributed by atoms with Crippen LogP contribution in [0.4, 0.5) is 0 Å². The normalized spacial score (nSPS) is 17.1. The van der Waals surface area contributed by atoms with Gasteiger partial charge in [0, 0.05) is 6.42 Å². The molecule has 0 radical (unpaired) electrons. The molecule has 1 rings (SSSR count). The zero-order valence-corrected chi connectivity index (χ0v) is 11.1. The zero-order chi connectivity index (χ0) is 12.0. The van der Waals surface area contributed by atoms with Crippen LogP contribution < -0.4 is 0 Å². The minimum absolute atomic E-state index is 1.02. The lowest BCUT2D eigenvalue weighted by molar-refractivity contribution is 0.276. The second kappa shape index (κ2) is 6.57. The standard InChI is InChI=1S/C15H24O/c1-5-7-15(16-4)11-10-12(2)13(3)14-8-6-9-14/h10-11H,5-9H2,1-4H3/b12-10-,15-11+. The van der Waals surface area contributed by atoms with E-state index in [2.05, 4.69) is 32.9 Å². The Morgan fingerprint density at radius 1 is 1.25 bits per heavy atom. The second-order valence-electron chi connectivity index (χ2n) is 4.52. The average molecular weight is 220 g/mol. The summed E-state index contributed by atoms with van der Waals surface area (Å²) in [7, 11) is 1.75. The summed E-state index contributed by atoms with van der Waals surface area (Å²) in [5.74, 6) is 1.08. The molecule has 1 heteroatoms. The highest BCUT2D eigenvalue weighted by Gasteiger charge is 2.11. The Balaban J connectivity index is 2.68. The molecule has 0 atom stereocenters. The highest BCUT2D eigenvalue weighted by molar-refractivity contribution is 5.36. The molecule has 0 saturated heterocycles. The average Bonchev–Trinajstić information content (AvgIpc) is 2.21. The van der Waals surface area contributed by atoms with Crippen LogP contribution in [0.25, 0.3) is 0 Å². The highest BCUT2D eigenvalue weighted by Crippen LogP contribution is 2.31. The van der Waals surface area contributed by atoms with Crippen molar-refractivity contribution in [1.82, 2.24) is 0 Å². The van der Waals surface area contributed by atoms with Gasteiger partial charge in [-0.3, -0.25) is 0 Å². The van der Waals surface area contributed by atoms with Crippen molar-refractivity contribution < 1.29 is 4.74 Å². The molecule has 0 aromatic rings. The Hall–Kier alpha value is -0.980. The van der Waals surface area contributed by atoms with Crippen LogP contribution in [0.5, 0.6) is 0 Å². The molecule has 1 saturated carbocycles. The molecule has 0 spiro atoms. The molecule has 0 aliphatic heterocycles. The first kappa shape index (κ1) is 13.1. The monoisotopic (exact) mass is 220 g/mol. The van der Waals surface area contributed by atoms with Gasteiger partial charge in [-0.05, 0) is 56.8 Å². The van der Waals surface area contributed by atoms with Gasteiger partial charge >= 0.3 is 0 Å². The van der Waals surface area contributed by atoms with Gasteiger partial charge in [-0.2, -0.15) is 0 Å². The van der Waals surface area contributed by atoms with Crippen LogP contribution in [-0.4, -0.2) is 7.11 Å². The van der Waals surface area contributed by atoms with E-state index in [1.54, 1.807) is 12.7 Å². The molecule has 90 valence electrons. The Morgan fingerprint density at radius 2 is 1.94 bits per heavy atom. The van der Waals surface area contributed by atoms with Crippen LogP contribution in [0.15, 0.2) is 34.6 Å². The predicted octanol–water partition coefficient (Wildman–Crippen LogP) is 4.76. The Bertz CT molecular complexity index is 312. The summed E-state index contributed by atoms with van der Waals surface area (Å²) in [6, 6.07) is 0. The van der Waals surface area contributed by atoms with Crippen LogP contribution in [0.2, 0.25) is 0 Å². The molecular weight excluding hydrogens is 196 g/mol. The number of hydrogen-bond acceptors (Lipinski definition) is 1. The summed E-state index contributed by atoms with van der Waals surface area (Å²) in [4.78, 5) is 0. The van der Waals surface area contributed by atoms with E-state index in [0.717, 1.165) is 18.6 Å². The van der Waals surface area contributed by atoms with Crippen molar-refractivity contribution in [3.63, 3.8) is 0 Å². The largest absolute Gasteiger partial charge is 0.501 e. The first-order valence-electron chi connectivity index (χ1n) is 6.29. The number of methoxy groups -OCH3 is 1. The van der Waals surface area contributed by atoms with Gasteiger partial charge in [-0.15, -0.1) is 0 Å². The molecule has 1 fully saturated rings. The topological polar surface area (TPSA) is 9.23 Å². The van der Waals surface area contributed by atoms with Gasteiger partial charge in [-0.25, -0.2) is 0 Å². The van der Waals surface area contributed by atoms with Gasteiger partial charge in [-0.1, -0.05) is 18.6 Å². The lowest BCUT2D eigenvalue weighted by atomic mass is 9.86. The molecule has 0 aromatic carbocycles. The maximum Gasteiger partial charge on any atom is 0.0955 e. The van der Waals surface area contributed by atoms with E-state index >= 15 is 0 Å². The van der Waals surface area contributed by atoms with Crippen LogP contribution in [0.1, 0.15) is 52.9 Å². The van der Waals surface area contributed by atoms with Crippen molar-refractivity contribution in [2.75, 3.05) is 7.11 Å². The van der Waals surface area contributed by atoms with Crippen molar-refractivity contribution in [3.05, 3.63) is 34.6 Å². The maximum absolute atomic E-state index is 5.32. The van der Waals surface area contributed by atoms with Crippen molar-refractivity contribution in [2.45, 2.75) is 52.9 Å². The smallest absolute Gasteiger partial charge is 0.0955 e. The minimum atomic E-state index is 1.02. The minimum Gasteiger partial charge on any atom is -0.501 e. The molecule has 0 heterocycles. The number of ether oxygens (including phenoxy) is 1. The molecule has 0 bridgehead atoms. The van der Waals surface area contributed by atoms with E-state index in [0.29, 0.717) is 0 Å². The van der Waals surface area contributed by atoms with Crippen molar-refractivity contribution >= 4 is 0 Å². The van der Waals surface area contributed by atoms with Crippen molar-refractivity contribution in [2.24, 2.45) is 0 Å². The maximum atomic E-state index is 5.32. The molecule has 0 N–H and O–H groups in total. The van der Waals surface area contributed by atoms with E-state index in [-0.39, 0.29) is 0 Å². The zero-order valence-electron chi connectivity index (χ0n) is 11.1. The third kappa shape index (κ3) is 3.55. The third-order valence-corrected chi connectivity index (χ3v) is 3.36. The first-order chi connectivity index (χ1) is 7.69. The van der Waals surface area contributed by atoms with Gasteiger partial charge in [0.1, 0.15) is 0 Å². The van der Waals surface area contributed by atoms with E-state index in [1.165, 1.54) is 30.4 Å². The fraction of sp³-hybridized carbons (Fsp3) is 0.600. The summed E-state index contributed by atoms with van der Waals surface area (Å²) < 4.78 is 5.32. The first-order valence-corrected chi connectivity index (χ1v) is 6.29. The van der Waals surface area contributed by atoms with Crippen molar-refractivity contribution in [3.8, 4) is 0 Å². The SMILES string of the molecule is CCC/C(=C\C=C(\C)C(C)=C1CCC1)OC. The van der Waals surface area contributed by atoms with Crippen LogP contribution in [0, 0.1) is 0 Å². The van der Waals surface area contributed by atoms with Crippen LogP contribution in [-0.2, 0) is 4.74 Å². The summed E-state index contributed by atoms with van der Waals surface area (Å²) in [5, 5.41) is 0. The fourth-order valence-corrected chi connectivity index (χ4v) is 1.85. The van der Waals surface area contributed by atoms with Crippen LogP contribution in [0.3, 0.4) is 0 Å². The van der Waals surface area contributed by atoms with Gasteiger partial charge in [0.25, 0.3) is 0 Å². The van der Waals surface area contributed by atoms with Gasteiger partial charge in [0.15, 0.2) is 0 Å². The molecular formula is C15H24O. The molecule has 0 aromatic heterocycles. The van der Waals surface area contributed by atoms with Crippen LogP contribution >= 0.6 is 0 Å². The van der Waals surface area contributed by atoms with Gasteiger partial charge < -0.3 is 4.74 Å². The Labute approximate surface area is 99.9 Å². The lowest BCUT2D eigenvalue weighted by Gasteiger charge is -2.20. The number of hydrogen-bond donors (Lipinski definition) is 0. The summed E-state index contributed by atoms with van der Waals surface area (Å²) in [5.41, 5.74) is 4.49. The summed E-state index contributed by atoms with van der Waals surface area (Å²) in [6.07, 6.45) is 10.4. The van der Waals surface area contributed by atoms with Crippen molar-refractivity contribution in [1.29, 1.82) is 0 Å². The second-order valence-corrected chi connectivity index (χ2v) is 4.52. The Morgan fingerprint density at radius 3 is 2.38 bits per heavy atom. The molecule has 1 aliphatic rings. The number of rotatable bonds is 5. The highest BCUT2D eigenvalue weighted by atomic mass is 16.5. The molecule has 1 nitrogen and oxygen atoms in total. The van der Waals surface area contributed by atoms with E-state index in [4.69, 9.17) is 4.74 Å². The summed E-state index contributed by atoms with van der Waals surface area (Å²) in [6.45, 7) is 6.60. The quantitative estimate of drug-likeness (QED) is 0.479. The fourth-order valence-electron chi connectivity index (χ4n) is 1.85. The summed E-state index contributed by atoms with van der Waals surface area (Å²) >= 11 is 0. The molecule has 0 amide bonds. The van der Waals surface area contributed by atoms with E-state index in [9.17, 15) is 0 Å². The Kier molecular flexibility index (Phi) is 5.37.